The predicted molar refractivity (Wildman–Crippen MR) is 222 cm³/mol. The SMILES string of the molecule is CC1C(CCc2ccc3c(oc4c(-c5ccc(-c6ccccc6)cc5)c(C#N)ccc43)c2-c2cc(F)cc[n+]2C)c2ccccc2-c2ccc(C(C)(C)C)c[n+]21. The van der Waals surface area contributed by atoms with Crippen molar-refractivity contribution in [3.05, 3.63) is 168 Å². The van der Waals surface area contributed by atoms with E-state index in [4.69, 9.17) is 4.42 Å². The Morgan fingerprint density at radius 1 is 0.732 bits per heavy atom. The second kappa shape index (κ2) is 13.7. The minimum atomic E-state index is -0.305. The zero-order valence-corrected chi connectivity index (χ0v) is 32.5. The van der Waals surface area contributed by atoms with Crippen molar-refractivity contribution in [3.63, 3.8) is 0 Å². The van der Waals surface area contributed by atoms with Gasteiger partial charge >= 0.3 is 0 Å². The highest BCUT2D eigenvalue weighted by molar-refractivity contribution is 6.14. The summed E-state index contributed by atoms with van der Waals surface area (Å²) in [6.45, 7) is 9.14. The molecule has 5 aromatic carbocycles. The third-order valence-corrected chi connectivity index (χ3v) is 11.9. The lowest BCUT2D eigenvalue weighted by Crippen LogP contribution is -2.47. The number of aromatic nitrogens is 2. The number of nitriles is 1. The average Bonchev–Trinajstić information content (AvgIpc) is 3.60. The van der Waals surface area contributed by atoms with Gasteiger partial charge in [0.1, 0.15) is 24.0 Å². The Morgan fingerprint density at radius 3 is 2.16 bits per heavy atom. The number of aryl methyl sites for hydroxylation is 2. The highest BCUT2D eigenvalue weighted by atomic mass is 19.1. The van der Waals surface area contributed by atoms with Crippen molar-refractivity contribution in [3.8, 4) is 50.8 Å². The highest BCUT2D eigenvalue weighted by Crippen LogP contribution is 2.45. The first-order valence-corrected chi connectivity index (χ1v) is 19.5. The Kier molecular flexibility index (Phi) is 8.66. The molecule has 2 unspecified atom stereocenters. The Hall–Kier alpha value is -6.38. The summed E-state index contributed by atoms with van der Waals surface area (Å²) >= 11 is 0. The molecule has 0 spiro atoms. The number of furan rings is 1. The molecular weight excluding hydrogens is 690 g/mol. The van der Waals surface area contributed by atoms with Gasteiger partial charge in [0.05, 0.1) is 17.2 Å². The molecule has 0 fully saturated rings. The largest absolute Gasteiger partial charge is 0.454 e. The number of pyridine rings is 2. The van der Waals surface area contributed by atoms with Crippen molar-refractivity contribution in [1.29, 1.82) is 5.26 Å². The van der Waals surface area contributed by atoms with Gasteiger partial charge in [0.2, 0.25) is 11.4 Å². The van der Waals surface area contributed by atoms with Gasteiger partial charge in [0, 0.05) is 51.6 Å². The summed E-state index contributed by atoms with van der Waals surface area (Å²) < 4.78 is 26.6. The molecule has 1 aliphatic rings. The molecule has 1 aliphatic heterocycles. The predicted octanol–water partition coefficient (Wildman–Crippen LogP) is 12.0. The van der Waals surface area contributed by atoms with Crippen LogP contribution in [0.3, 0.4) is 0 Å². The number of rotatable bonds is 6. The van der Waals surface area contributed by atoms with Crippen LogP contribution in [0, 0.1) is 17.1 Å². The molecule has 2 atom stereocenters. The van der Waals surface area contributed by atoms with E-state index in [-0.39, 0.29) is 23.2 Å². The topological polar surface area (TPSA) is 44.7 Å². The fraction of sp³-hybridized carbons (Fsp3) is 0.196. The fourth-order valence-corrected chi connectivity index (χ4v) is 8.81. The van der Waals surface area contributed by atoms with Gasteiger partial charge in [-0.15, -0.1) is 0 Å². The molecule has 9 rings (SSSR count). The normalized spacial score (nSPS) is 15.1. The average molecular weight is 734 g/mol. The summed E-state index contributed by atoms with van der Waals surface area (Å²) in [7, 11) is 1.95. The summed E-state index contributed by atoms with van der Waals surface area (Å²) in [5, 5.41) is 12.2. The van der Waals surface area contributed by atoms with E-state index in [1.54, 1.807) is 12.3 Å². The van der Waals surface area contributed by atoms with E-state index in [1.807, 2.05) is 41.9 Å². The van der Waals surface area contributed by atoms with Crippen LogP contribution in [0.15, 0.2) is 144 Å². The molecule has 0 N–H and O–H groups in total. The van der Waals surface area contributed by atoms with Crippen LogP contribution in [0.5, 0.6) is 0 Å². The first-order valence-electron chi connectivity index (χ1n) is 19.5. The quantitative estimate of drug-likeness (QED) is 0.160. The number of nitrogens with zero attached hydrogens (tertiary/aromatic N) is 3. The smallest absolute Gasteiger partial charge is 0.219 e. The first-order chi connectivity index (χ1) is 27.1. The lowest BCUT2D eigenvalue weighted by atomic mass is 9.79. The second-order valence-electron chi connectivity index (χ2n) is 16.3. The lowest BCUT2D eigenvalue weighted by molar-refractivity contribution is -0.715. The molecule has 0 saturated heterocycles. The van der Waals surface area contributed by atoms with Gasteiger partial charge in [0.15, 0.2) is 18.4 Å². The van der Waals surface area contributed by atoms with Gasteiger partial charge in [-0.25, -0.2) is 8.96 Å². The van der Waals surface area contributed by atoms with E-state index >= 15 is 4.39 Å². The van der Waals surface area contributed by atoms with Crippen molar-refractivity contribution < 1.29 is 17.9 Å². The zero-order chi connectivity index (χ0) is 38.7. The third-order valence-electron chi connectivity index (χ3n) is 11.9. The van der Waals surface area contributed by atoms with Crippen LogP contribution in [0.1, 0.15) is 68.3 Å². The van der Waals surface area contributed by atoms with Crippen LogP contribution in [-0.4, -0.2) is 0 Å². The Bertz CT molecular complexity index is 2840. The van der Waals surface area contributed by atoms with Crippen LogP contribution < -0.4 is 9.13 Å². The minimum absolute atomic E-state index is 0.0328. The van der Waals surface area contributed by atoms with Crippen molar-refractivity contribution in [2.75, 3.05) is 0 Å². The summed E-state index contributed by atoms with van der Waals surface area (Å²) in [4.78, 5) is 0. The van der Waals surface area contributed by atoms with Crippen molar-refractivity contribution >= 4 is 21.9 Å². The molecule has 4 nitrogen and oxygen atoms in total. The molecule has 274 valence electrons. The van der Waals surface area contributed by atoms with Crippen LogP contribution >= 0.6 is 0 Å². The molecule has 8 aromatic rings. The van der Waals surface area contributed by atoms with Gasteiger partial charge in [-0.2, -0.15) is 9.83 Å². The number of benzene rings is 5. The van der Waals surface area contributed by atoms with E-state index in [0.717, 1.165) is 62.7 Å². The maximum absolute atomic E-state index is 15.2. The second-order valence-corrected chi connectivity index (χ2v) is 16.3. The Balaban J connectivity index is 1.18. The summed E-state index contributed by atoms with van der Waals surface area (Å²) in [6, 6.07) is 45.9. The van der Waals surface area contributed by atoms with Gasteiger partial charge < -0.3 is 4.42 Å². The monoisotopic (exact) mass is 733 g/mol. The molecule has 0 bridgehead atoms. The molecule has 0 aliphatic carbocycles. The first kappa shape index (κ1) is 35.3. The van der Waals surface area contributed by atoms with Crippen molar-refractivity contribution in [1.82, 2.24) is 0 Å². The summed E-state index contributed by atoms with van der Waals surface area (Å²) in [6.07, 6.45) is 5.77. The highest BCUT2D eigenvalue weighted by Gasteiger charge is 2.38. The number of fused-ring (bicyclic) bond motifs is 6. The molecular formula is C51H44FN3O+2. The molecule has 3 aromatic heterocycles. The molecule has 0 saturated carbocycles. The summed E-state index contributed by atoms with van der Waals surface area (Å²) in [5.41, 5.74) is 13.7. The van der Waals surface area contributed by atoms with E-state index in [2.05, 4.69) is 129 Å². The molecule has 56 heavy (non-hydrogen) atoms. The molecule has 5 heteroatoms. The van der Waals surface area contributed by atoms with Gasteiger partial charge in [-0.05, 0) is 77.3 Å². The maximum atomic E-state index is 15.2. The fourth-order valence-electron chi connectivity index (χ4n) is 8.81. The number of halogens is 1. The van der Waals surface area contributed by atoms with E-state index in [0.29, 0.717) is 16.7 Å². The van der Waals surface area contributed by atoms with Crippen LogP contribution in [0.25, 0.3) is 66.7 Å². The van der Waals surface area contributed by atoms with Crippen LogP contribution in [0.4, 0.5) is 4.39 Å². The van der Waals surface area contributed by atoms with Gasteiger partial charge in [-0.1, -0.05) is 106 Å². The van der Waals surface area contributed by atoms with E-state index < -0.39 is 0 Å². The van der Waals surface area contributed by atoms with Crippen LogP contribution in [0.2, 0.25) is 0 Å². The Morgan fingerprint density at radius 2 is 1.41 bits per heavy atom. The van der Waals surface area contributed by atoms with Gasteiger partial charge in [-0.3, -0.25) is 0 Å². The zero-order valence-electron chi connectivity index (χ0n) is 32.5. The number of hydrogen-bond donors (Lipinski definition) is 0. The molecule has 4 heterocycles. The number of hydrogen-bond acceptors (Lipinski definition) is 2. The summed E-state index contributed by atoms with van der Waals surface area (Å²) in [5.74, 6) is -0.0522. The third kappa shape index (κ3) is 5.97. The van der Waals surface area contributed by atoms with E-state index in [9.17, 15) is 5.26 Å². The van der Waals surface area contributed by atoms with Crippen molar-refractivity contribution in [2.45, 2.75) is 57.9 Å². The molecule has 0 radical (unpaired) electrons. The van der Waals surface area contributed by atoms with Crippen molar-refractivity contribution in [2.24, 2.45) is 7.05 Å². The van der Waals surface area contributed by atoms with E-state index in [1.165, 1.54) is 28.5 Å². The minimum Gasteiger partial charge on any atom is -0.454 e. The molecule has 0 amide bonds. The van der Waals surface area contributed by atoms with Gasteiger partial charge in [0.25, 0.3) is 0 Å². The Labute approximate surface area is 327 Å². The standard InChI is InChI=1S/C51H44FN3O/c1-32-40(41-13-9-10-14-42(41)45-26-22-38(31-55(32)45)51(2,3)4)23-19-36-20-24-44-43-25-21-37(30-53)47(35-17-15-34(16-18-35)33-11-7-6-8-12-33)49(43)56-50(44)48(36)46-29-39(52)27-28-54(46)5/h6-18,20-22,24-29,31-32,40H,19,23H2,1-5H3/q+2. The van der Waals surface area contributed by atoms with Crippen LogP contribution in [-0.2, 0) is 18.9 Å². The lowest BCUT2D eigenvalue weighted by Gasteiger charge is -2.30. The maximum Gasteiger partial charge on any atom is 0.219 e.